The molecule has 2 aromatic heterocycles. The van der Waals surface area contributed by atoms with Crippen molar-refractivity contribution in [3.63, 3.8) is 0 Å². The van der Waals surface area contributed by atoms with Crippen LogP contribution < -0.4 is 5.73 Å². The van der Waals surface area contributed by atoms with Gasteiger partial charge in [-0.05, 0) is 34.6 Å². The molecule has 0 radical (unpaired) electrons. The third kappa shape index (κ3) is 2.33. The predicted molar refractivity (Wildman–Crippen MR) is 64.0 cm³/mol. The maximum absolute atomic E-state index is 5.62. The van der Waals surface area contributed by atoms with Gasteiger partial charge < -0.3 is 10.3 Å². The van der Waals surface area contributed by atoms with E-state index >= 15 is 0 Å². The zero-order valence-corrected chi connectivity index (χ0v) is 11.1. The van der Waals surface area contributed by atoms with Crippen LogP contribution in [0, 0.1) is 6.92 Å². The van der Waals surface area contributed by atoms with E-state index in [-0.39, 0.29) is 0 Å². The smallest absolute Gasteiger partial charge is 0.198 e. The van der Waals surface area contributed by atoms with Crippen LogP contribution in [0.3, 0.4) is 0 Å². The maximum Gasteiger partial charge on any atom is 0.198 e. The molecule has 2 heterocycles. The number of nitrogen functional groups attached to an aromatic ring is 1. The number of aromatic nitrogens is 5. The highest BCUT2D eigenvalue weighted by atomic mass is 79.9. The summed E-state index contributed by atoms with van der Waals surface area (Å²) in [5.74, 6) is 1.26. The highest BCUT2D eigenvalue weighted by molar-refractivity contribution is 9.10. The van der Waals surface area contributed by atoms with Crippen LogP contribution in [0.15, 0.2) is 21.0 Å². The van der Waals surface area contributed by atoms with E-state index in [9.17, 15) is 0 Å². The Morgan fingerprint density at radius 1 is 1.38 bits per heavy atom. The summed E-state index contributed by atoms with van der Waals surface area (Å²) >= 11 is 4.58. The Hall–Kier alpha value is -1.15. The molecular weight excluding hydrogens is 292 g/mol. The molecule has 0 aliphatic rings. The summed E-state index contributed by atoms with van der Waals surface area (Å²) < 4.78 is 2.52. The third-order valence-corrected chi connectivity index (χ3v) is 3.24. The number of halogens is 1. The molecule has 16 heavy (non-hydrogen) atoms. The molecular formula is C8H9BrN6S. The Labute approximate surface area is 105 Å². The summed E-state index contributed by atoms with van der Waals surface area (Å²) in [5, 5.41) is 9.24. The lowest BCUT2D eigenvalue weighted by Gasteiger charge is -2.01. The van der Waals surface area contributed by atoms with Crippen LogP contribution in [0.5, 0.6) is 0 Å². The number of hydrogen-bond donors (Lipinski definition) is 1. The molecule has 0 fully saturated rings. The van der Waals surface area contributed by atoms with Crippen molar-refractivity contribution in [2.75, 3.05) is 5.73 Å². The van der Waals surface area contributed by atoms with Gasteiger partial charge in [-0.25, -0.2) is 9.97 Å². The average Bonchev–Trinajstić information content (AvgIpc) is 2.48. The zero-order chi connectivity index (χ0) is 11.7. The monoisotopic (exact) mass is 300 g/mol. The number of rotatable bonds is 2. The quantitative estimate of drug-likeness (QED) is 0.667. The largest absolute Gasteiger partial charge is 0.384 e. The fourth-order valence-corrected chi connectivity index (χ4v) is 2.35. The lowest BCUT2D eigenvalue weighted by molar-refractivity contribution is 0.762. The summed E-state index contributed by atoms with van der Waals surface area (Å²) in [4.78, 5) is 8.29. The molecule has 0 amide bonds. The fraction of sp³-hybridized carbons (Fsp3) is 0.250. The van der Waals surface area contributed by atoms with Crippen molar-refractivity contribution in [1.82, 2.24) is 24.7 Å². The number of aryl methyl sites for hydroxylation is 1. The molecule has 84 valence electrons. The summed E-state index contributed by atoms with van der Waals surface area (Å²) in [6.07, 6.45) is 0. The van der Waals surface area contributed by atoms with Crippen LogP contribution in [0.2, 0.25) is 0 Å². The third-order valence-electron chi connectivity index (χ3n) is 1.93. The van der Waals surface area contributed by atoms with Gasteiger partial charge in [0.2, 0.25) is 0 Å². The minimum Gasteiger partial charge on any atom is -0.384 e. The molecule has 2 N–H and O–H groups in total. The van der Waals surface area contributed by atoms with Gasteiger partial charge in [-0.1, -0.05) is 0 Å². The van der Waals surface area contributed by atoms with Crippen LogP contribution in [0.4, 0.5) is 5.82 Å². The van der Waals surface area contributed by atoms with Gasteiger partial charge in [0.05, 0.1) is 0 Å². The van der Waals surface area contributed by atoms with Crippen LogP contribution in [0.25, 0.3) is 0 Å². The van der Waals surface area contributed by atoms with Gasteiger partial charge >= 0.3 is 0 Å². The molecule has 0 saturated carbocycles. The highest BCUT2D eigenvalue weighted by Gasteiger charge is 2.10. The van der Waals surface area contributed by atoms with E-state index in [2.05, 4.69) is 36.1 Å². The molecule has 8 heteroatoms. The van der Waals surface area contributed by atoms with Crippen LogP contribution in [-0.2, 0) is 7.05 Å². The van der Waals surface area contributed by atoms with E-state index in [1.165, 1.54) is 11.8 Å². The van der Waals surface area contributed by atoms with Gasteiger partial charge in [0, 0.05) is 13.1 Å². The van der Waals surface area contributed by atoms with E-state index in [1.807, 2.05) is 18.5 Å². The fourth-order valence-electron chi connectivity index (χ4n) is 1.02. The van der Waals surface area contributed by atoms with Crippen LogP contribution in [0.1, 0.15) is 5.82 Å². The first-order valence-electron chi connectivity index (χ1n) is 4.40. The second-order valence-corrected chi connectivity index (χ2v) is 4.84. The molecule has 0 atom stereocenters. The van der Waals surface area contributed by atoms with Gasteiger partial charge in [0.1, 0.15) is 16.2 Å². The van der Waals surface area contributed by atoms with Crippen molar-refractivity contribution in [1.29, 1.82) is 0 Å². The van der Waals surface area contributed by atoms with Crippen molar-refractivity contribution in [2.24, 2.45) is 7.05 Å². The first kappa shape index (κ1) is 11.3. The summed E-state index contributed by atoms with van der Waals surface area (Å²) in [5.41, 5.74) is 5.62. The van der Waals surface area contributed by atoms with Crippen molar-refractivity contribution in [3.8, 4) is 0 Å². The topological polar surface area (TPSA) is 82.5 Å². The standard InChI is InChI=1S/C8H9BrN6S/c1-4-13-14-8(15(4)2)16-7-11-5(9)3-6(10)12-7/h3H,1-2H3,(H2,10,11,12). The highest BCUT2D eigenvalue weighted by Crippen LogP contribution is 2.24. The Morgan fingerprint density at radius 2 is 2.12 bits per heavy atom. The van der Waals surface area contributed by atoms with Gasteiger partial charge in [-0.2, -0.15) is 0 Å². The van der Waals surface area contributed by atoms with Gasteiger partial charge in [-0.15, -0.1) is 10.2 Å². The SMILES string of the molecule is Cc1nnc(Sc2nc(N)cc(Br)n2)n1C. The molecule has 0 aromatic carbocycles. The first-order chi connectivity index (χ1) is 7.56. The molecule has 0 bridgehead atoms. The van der Waals surface area contributed by atoms with Crippen molar-refractivity contribution < 1.29 is 0 Å². The van der Waals surface area contributed by atoms with E-state index in [0.29, 0.717) is 15.6 Å². The van der Waals surface area contributed by atoms with E-state index < -0.39 is 0 Å². The Balaban J connectivity index is 2.30. The van der Waals surface area contributed by atoms with Gasteiger partial charge in [-0.3, -0.25) is 0 Å². The van der Waals surface area contributed by atoms with Crippen molar-refractivity contribution >= 4 is 33.5 Å². The Morgan fingerprint density at radius 3 is 2.69 bits per heavy atom. The average molecular weight is 301 g/mol. The summed E-state index contributed by atoms with van der Waals surface area (Å²) in [6, 6.07) is 1.64. The summed E-state index contributed by atoms with van der Waals surface area (Å²) in [7, 11) is 1.89. The molecule has 0 aliphatic carbocycles. The number of nitrogens with two attached hydrogens (primary N) is 1. The van der Waals surface area contributed by atoms with Crippen LogP contribution in [-0.4, -0.2) is 24.7 Å². The minimum atomic E-state index is 0.420. The molecule has 2 aromatic rings. The first-order valence-corrected chi connectivity index (χ1v) is 6.01. The maximum atomic E-state index is 5.62. The zero-order valence-electron chi connectivity index (χ0n) is 8.68. The molecule has 0 aliphatic heterocycles. The molecule has 0 unspecified atom stereocenters. The van der Waals surface area contributed by atoms with E-state index in [0.717, 1.165) is 11.0 Å². The second kappa shape index (κ2) is 4.38. The molecule has 6 nitrogen and oxygen atoms in total. The number of nitrogens with zero attached hydrogens (tertiary/aromatic N) is 5. The Kier molecular flexibility index (Phi) is 3.10. The van der Waals surface area contributed by atoms with E-state index in [4.69, 9.17) is 5.73 Å². The number of anilines is 1. The van der Waals surface area contributed by atoms with Crippen molar-refractivity contribution in [2.45, 2.75) is 17.2 Å². The summed E-state index contributed by atoms with van der Waals surface area (Å²) in [6.45, 7) is 1.88. The normalized spacial score (nSPS) is 10.7. The van der Waals surface area contributed by atoms with Crippen molar-refractivity contribution in [3.05, 3.63) is 16.5 Å². The van der Waals surface area contributed by atoms with E-state index in [1.54, 1.807) is 6.07 Å². The van der Waals surface area contributed by atoms with Gasteiger partial charge in [0.25, 0.3) is 0 Å². The molecule has 0 spiro atoms. The lowest BCUT2D eigenvalue weighted by atomic mass is 10.6. The second-order valence-electron chi connectivity index (χ2n) is 3.09. The minimum absolute atomic E-state index is 0.420. The Bertz CT molecular complexity index is 505. The molecule has 0 saturated heterocycles. The number of hydrogen-bond acceptors (Lipinski definition) is 6. The van der Waals surface area contributed by atoms with Gasteiger partial charge in [0.15, 0.2) is 10.3 Å². The van der Waals surface area contributed by atoms with Crippen LogP contribution >= 0.6 is 27.7 Å². The lowest BCUT2D eigenvalue weighted by Crippen LogP contribution is -1.97. The molecule has 2 rings (SSSR count). The predicted octanol–water partition coefficient (Wildman–Crippen LogP) is 1.41.